The number of carbonyl (C=O) groups is 2. The lowest BCUT2D eigenvalue weighted by Gasteiger charge is -2.22. The van der Waals surface area contributed by atoms with E-state index in [1.54, 1.807) is 24.3 Å². The maximum atomic E-state index is 12.7. The normalized spacial score (nSPS) is 12.3. The summed E-state index contributed by atoms with van der Waals surface area (Å²) in [5, 5.41) is 8.92. The van der Waals surface area contributed by atoms with Crippen LogP contribution in [0.25, 0.3) is 6.08 Å². The minimum atomic E-state index is -0.635. The van der Waals surface area contributed by atoms with Crippen molar-refractivity contribution in [2.24, 2.45) is 0 Å². The Morgan fingerprint density at radius 1 is 1.10 bits per heavy atom. The van der Waals surface area contributed by atoms with Crippen molar-refractivity contribution in [3.05, 3.63) is 59.2 Å². The van der Waals surface area contributed by atoms with Gasteiger partial charge in [-0.1, -0.05) is 12.1 Å². The highest BCUT2D eigenvalue weighted by molar-refractivity contribution is 5.96. The fraction of sp³-hybridized carbons (Fsp3) is 0.292. The Morgan fingerprint density at radius 3 is 2.52 bits per heavy atom. The fourth-order valence-electron chi connectivity index (χ4n) is 3.25. The number of nitriles is 1. The lowest BCUT2D eigenvalue weighted by Crippen LogP contribution is -2.35. The number of amides is 1. The van der Waals surface area contributed by atoms with Crippen LogP contribution in [-0.2, 0) is 14.3 Å². The zero-order chi connectivity index (χ0) is 22.2. The molecule has 0 N–H and O–H groups in total. The molecule has 7 nitrogen and oxygen atoms in total. The van der Waals surface area contributed by atoms with E-state index >= 15 is 0 Å². The van der Waals surface area contributed by atoms with E-state index in [2.05, 4.69) is 0 Å². The Balaban J connectivity index is 1.61. The topological polar surface area (TPSA) is 88.9 Å². The van der Waals surface area contributed by atoms with Crippen LogP contribution < -0.4 is 14.4 Å². The number of benzene rings is 2. The number of fused-ring (bicyclic) bond motifs is 1. The Bertz CT molecular complexity index is 1020. The molecule has 0 spiro atoms. The number of anilines is 1. The van der Waals surface area contributed by atoms with E-state index in [0.29, 0.717) is 30.4 Å². The van der Waals surface area contributed by atoms with Gasteiger partial charge in [0, 0.05) is 18.3 Å². The van der Waals surface area contributed by atoms with Gasteiger partial charge in [0.25, 0.3) is 5.91 Å². The largest absolute Gasteiger partial charge is 0.486 e. The van der Waals surface area contributed by atoms with E-state index < -0.39 is 12.6 Å². The van der Waals surface area contributed by atoms with Crippen LogP contribution in [0.15, 0.2) is 42.5 Å². The zero-order valence-corrected chi connectivity index (χ0v) is 17.6. The van der Waals surface area contributed by atoms with E-state index in [1.807, 2.05) is 38.1 Å². The molecule has 3 rings (SSSR count). The molecule has 0 radical (unpaired) electrons. The van der Waals surface area contributed by atoms with Gasteiger partial charge >= 0.3 is 5.97 Å². The molecular formula is C24H24N2O5. The van der Waals surface area contributed by atoms with Gasteiger partial charge in [-0.2, -0.15) is 5.26 Å². The number of esters is 1. The third-order valence-electron chi connectivity index (χ3n) is 4.58. The average Bonchev–Trinajstić information content (AvgIpc) is 2.75. The van der Waals surface area contributed by atoms with Crippen LogP contribution in [0.5, 0.6) is 11.5 Å². The van der Waals surface area contributed by atoms with Gasteiger partial charge in [-0.3, -0.25) is 4.79 Å². The Morgan fingerprint density at radius 2 is 1.81 bits per heavy atom. The molecule has 2 aromatic rings. The van der Waals surface area contributed by atoms with Gasteiger partial charge < -0.3 is 19.1 Å². The Hall–Kier alpha value is -3.79. The van der Waals surface area contributed by atoms with Crippen LogP contribution in [0.1, 0.15) is 23.1 Å². The molecule has 2 aromatic carbocycles. The number of hydrogen-bond acceptors (Lipinski definition) is 6. The number of ether oxygens (including phenoxy) is 3. The Kier molecular flexibility index (Phi) is 7.28. The third kappa shape index (κ3) is 6.09. The highest BCUT2D eigenvalue weighted by Crippen LogP contribution is 2.31. The monoisotopic (exact) mass is 420 g/mol. The van der Waals surface area contributed by atoms with Crippen molar-refractivity contribution in [1.82, 2.24) is 0 Å². The molecule has 0 aromatic heterocycles. The second-order valence-electron chi connectivity index (χ2n) is 7.14. The molecule has 7 heteroatoms. The maximum Gasteiger partial charge on any atom is 0.331 e. The predicted octanol–water partition coefficient (Wildman–Crippen LogP) is 3.58. The summed E-state index contributed by atoms with van der Waals surface area (Å²) in [5.74, 6) is 0.268. The molecule has 0 saturated heterocycles. The number of hydrogen-bond donors (Lipinski definition) is 0. The molecule has 0 bridgehead atoms. The molecule has 0 aliphatic carbocycles. The molecule has 1 heterocycles. The average molecular weight is 420 g/mol. The Labute approximate surface area is 181 Å². The first-order valence-corrected chi connectivity index (χ1v) is 9.96. The number of aryl methyl sites for hydroxylation is 2. The van der Waals surface area contributed by atoms with Gasteiger partial charge in [0.05, 0.1) is 12.5 Å². The standard InChI is InChI=1S/C24H24N2O5/c1-17-12-18(2)14-20(13-17)26(9-3-8-25)23(27)16-31-24(28)7-5-19-4-6-21-22(15-19)30-11-10-29-21/h4-7,12-15H,3,9-11,16H2,1-2H3/b7-5+. The highest BCUT2D eigenvalue weighted by atomic mass is 16.6. The quantitative estimate of drug-likeness (QED) is 0.503. The van der Waals surface area contributed by atoms with Crippen molar-refractivity contribution in [2.45, 2.75) is 20.3 Å². The van der Waals surface area contributed by atoms with Gasteiger partial charge in [0.15, 0.2) is 18.1 Å². The first kappa shape index (κ1) is 21.9. The van der Waals surface area contributed by atoms with Crippen molar-refractivity contribution in [1.29, 1.82) is 5.26 Å². The summed E-state index contributed by atoms with van der Waals surface area (Å²) in [6.07, 6.45) is 3.02. The van der Waals surface area contributed by atoms with Crippen molar-refractivity contribution in [3.63, 3.8) is 0 Å². The third-order valence-corrected chi connectivity index (χ3v) is 4.58. The molecule has 0 atom stereocenters. The summed E-state index contributed by atoms with van der Waals surface area (Å²) in [5.41, 5.74) is 3.44. The van der Waals surface area contributed by atoms with E-state index in [9.17, 15) is 9.59 Å². The van der Waals surface area contributed by atoms with Crippen LogP contribution in [-0.4, -0.2) is 38.2 Å². The number of rotatable bonds is 7. The second-order valence-corrected chi connectivity index (χ2v) is 7.14. The fourth-order valence-corrected chi connectivity index (χ4v) is 3.25. The van der Waals surface area contributed by atoms with Crippen molar-refractivity contribution in [2.75, 3.05) is 31.3 Å². The van der Waals surface area contributed by atoms with Crippen LogP contribution >= 0.6 is 0 Å². The lowest BCUT2D eigenvalue weighted by molar-refractivity contribution is -0.142. The first-order valence-electron chi connectivity index (χ1n) is 9.96. The number of carbonyl (C=O) groups excluding carboxylic acids is 2. The minimum Gasteiger partial charge on any atom is -0.486 e. The maximum absolute atomic E-state index is 12.7. The van der Waals surface area contributed by atoms with Crippen molar-refractivity contribution in [3.8, 4) is 17.6 Å². The lowest BCUT2D eigenvalue weighted by atomic mass is 10.1. The first-order chi connectivity index (χ1) is 15.0. The van der Waals surface area contributed by atoms with E-state index in [0.717, 1.165) is 16.7 Å². The highest BCUT2D eigenvalue weighted by Gasteiger charge is 2.18. The van der Waals surface area contributed by atoms with Crippen molar-refractivity contribution >= 4 is 23.6 Å². The summed E-state index contributed by atoms with van der Waals surface area (Å²) < 4.78 is 16.1. The smallest absolute Gasteiger partial charge is 0.331 e. The van der Waals surface area contributed by atoms with Crippen molar-refractivity contribution < 1.29 is 23.8 Å². The van der Waals surface area contributed by atoms with Crippen LogP contribution in [0, 0.1) is 25.2 Å². The van der Waals surface area contributed by atoms with Gasteiger partial charge in [-0.25, -0.2) is 4.79 Å². The number of nitrogens with zero attached hydrogens (tertiary/aromatic N) is 2. The second kappa shape index (κ2) is 10.3. The zero-order valence-electron chi connectivity index (χ0n) is 17.6. The molecule has 1 aliphatic heterocycles. The van der Waals surface area contributed by atoms with Crippen LogP contribution in [0.2, 0.25) is 0 Å². The molecular weight excluding hydrogens is 396 g/mol. The minimum absolute atomic E-state index is 0.177. The van der Waals surface area contributed by atoms with Gasteiger partial charge in [0.2, 0.25) is 0 Å². The van der Waals surface area contributed by atoms with Crippen LogP contribution in [0.4, 0.5) is 5.69 Å². The molecule has 160 valence electrons. The molecule has 31 heavy (non-hydrogen) atoms. The molecule has 1 aliphatic rings. The van der Waals surface area contributed by atoms with Crippen LogP contribution in [0.3, 0.4) is 0 Å². The summed E-state index contributed by atoms with van der Waals surface area (Å²) in [7, 11) is 0. The summed E-state index contributed by atoms with van der Waals surface area (Å²) in [6.45, 7) is 4.67. The SMILES string of the molecule is Cc1cc(C)cc(N(CCC#N)C(=O)COC(=O)/C=C/c2ccc3c(c2)OCCO3)c1. The molecule has 0 unspecified atom stereocenters. The van der Waals surface area contributed by atoms with E-state index in [4.69, 9.17) is 19.5 Å². The van der Waals surface area contributed by atoms with E-state index in [1.165, 1.54) is 11.0 Å². The molecule has 1 amide bonds. The van der Waals surface area contributed by atoms with Gasteiger partial charge in [-0.15, -0.1) is 0 Å². The summed E-state index contributed by atoms with van der Waals surface area (Å²) in [4.78, 5) is 26.3. The molecule has 0 saturated carbocycles. The summed E-state index contributed by atoms with van der Waals surface area (Å²) >= 11 is 0. The van der Waals surface area contributed by atoms with E-state index in [-0.39, 0.29) is 18.9 Å². The molecule has 0 fully saturated rings. The van der Waals surface area contributed by atoms with Gasteiger partial charge in [-0.05, 0) is 60.9 Å². The predicted molar refractivity (Wildman–Crippen MR) is 116 cm³/mol. The summed E-state index contributed by atoms with van der Waals surface area (Å²) in [6, 6.07) is 13.1. The van der Waals surface area contributed by atoms with Gasteiger partial charge in [0.1, 0.15) is 13.2 Å².